The van der Waals surface area contributed by atoms with E-state index in [0.717, 1.165) is 21.8 Å². The van der Waals surface area contributed by atoms with E-state index in [4.69, 9.17) is 4.74 Å². The van der Waals surface area contributed by atoms with E-state index in [2.05, 4.69) is 5.32 Å². The third-order valence-electron chi connectivity index (χ3n) is 3.00. The van der Waals surface area contributed by atoms with Crippen molar-refractivity contribution in [3.05, 3.63) is 43.1 Å². The number of rotatable bonds is 4. The highest BCUT2D eigenvalue weighted by Crippen LogP contribution is 2.34. The molecule has 0 atom stereocenters. The monoisotopic (exact) mass is 340 g/mol. The summed E-state index contributed by atoms with van der Waals surface area (Å²) in [6.45, 7) is 3.60. The van der Waals surface area contributed by atoms with Gasteiger partial charge in [0, 0.05) is 10.9 Å². The first-order valence-electron chi connectivity index (χ1n) is 6.09. The van der Waals surface area contributed by atoms with Gasteiger partial charge in [-0.25, -0.2) is 4.79 Å². The van der Waals surface area contributed by atoms with Gasteiger partial charge in [-0.3, -0.25) is 14.9 Å². The van der Waals surface area contributed by atoms with E-state index in [1.807, 2.05) is 6.92 Å². The summed E-state index contributed by atoms with van der Waals surface area (Å²) in [5.41, 5.74) is 1.05. The van der Waals surface area contributed by atoms with Crippen molar-refractivity contribution in [1.82, 2.24) is 0 Å². The minimum Gasteiger partial charge on any atom is -0.465 e. The molecular weight excluding hydrogens is 328 g/mol. The number of hydrogen-bond donors (Lipinski definition) is 1. The quantitative estimate of drug-likeness (QED) is 0.522. The summed E-state index contributed by atoms with van der Waals surface area (Å²) in [7, 11) is 1.27. The summed E-state index contributed by atoms with van der Waals surface area (Å²) in [5.74, 6) is -1.03. The minimum absolute atomic E-state index is 0.114. The van der Waals surface area contributed by atoms with E-state index in [1.165, 1.54) is 30.6 Å². The van der Waals surface area contributed by atoms with Gasteiger partial charge in [-0.1, -0.05) is 11.3 Å². The van der Waals surface area contributed by atoms with Crippen molar-refractivity contribution >= 4 is 44.6 Å². The second kappa shape index (κ2) is 6.24. The van der Waals surface area contributed by atoms with E-state index < -0.39 is 16.8 Å². The Kier molecular flexibility index (Phi) is 4.57. The fourth-order valence-electron chi connectivity index (χ4n) is 1.78. The summed E-state index contributed by atoms with van der Waals surface area (Å²) in [5, 5.41) is 13.5. The van der Waals surface area contributed by atoms with Crippen LogP contribution in [0.5, 0.6) is 0 Å². The lowest BCUT2D eigenvalue weighted by atomic mass is 10.1. The molecule has 0 aliphatic rings. The largest absolute Gasteiger partial charge is 0.465 e. The Bertz CT molecular complexity index is 763. The van der Waals surface area contributed by atoms with Crippen LogP contribution in [0.15, 0.2) is 12.1 Å². The van der Waals surface area contributed by atoms with E-state index in [0.29, 0.717) is 10.6 Å². The van der Waals surface area contributed by atoms with E-state index in [1.54, 1.807) is 6.92 Å². The molecule has 7 nitrogen and oxygen atoms in total. The molecular formula is C13H12N2O5S2. The molecule has 22 heavy (non-hydrogen) atoms. The van der Waals surface area contributed by atoms with Crippen molar-refractivity contribution in [3.8, 4) is 0 Å². The fraction of sp³-hybridized carbons (Fsp3) is 0.231. The standard InChI is InChI=1S/C13H12N2O5S2/c1-6-7(2)21-12(10(6)13(17)20-3)14-11(16)8-4-5-9(22-8)15(18)19/h4-5H,1-3H3,(H,14,16). The molecule has 2 aromatic heterocycles. The van der Waals surface area contributed by atoms with Crippen molar-refractivity contribution in [3.63, 3.8) is 0 Å². The highest BCUT2D eigenvalue weighted by atomic mass is 32.1. The van der Waals surface area contributed by atoms with Crippen LogP contribution < -0.4 is 5.32 Å². The van der Waals surface area contributed by atoms with Crippen molar-refractivity contribution in [1.29, 1.82) is 0 Å². The maximum Gasteiger partial charge on any atom is 0.341 e. The van der Waals surface area contributed by atoms with Gasteiger partial charge in [-0.15, -0.1) is 11.3 Å². The Morgan fingerprint density at radius 1 is 1.27 bits per heavy atom. The van der Waals surface area contributed by atoms with Crippen molar-refractivity contribution < 1.29 is 19.2 Å². The Labute approximate surface area is 133 Å². The highest BCUT2D eigenvalue weighted by Gasteiger charge is 2.23. The Hall–Kier alpha value is -2.26. The van der Waals surface area contributed by atoms with Gasteiger partial charge in [-0.2, -0.15) is 0 Å². The summed E-state index contributed by atoms with van der Waals surface area (Å²) in [6.07, 6.45) is 0. The van der Waals surface area contributed by atoms with Crippen LogP contribution in [-0.2, 0) is 4.74 Å². The van der Waals surface area contributed by atoms with Crippen LogP contribution in [0.25, 0.3) is 0 Å². The highest BCUT2D eigenvalue weighted by molar-refractivity contribution is 7.18. The molecule has 2 rings (SSSR count). The zero-order valence-electron chi connectivity index (χ0n) is 12.0. The molecule has 0 saturated carbocycles. The normalized spacial score (nSPS) is 10.3. The lowest BCUT2D eigenvalue weighted by molar-refractivity contribution is -0.380. The van der Waals surface area contributed by atoms with Gasteiger partial charge in [0.1, 0.15) is 5.00 Å². The van der Waals surface area contributed by atoms with Crippen molar-refractivity contribution in [2.24, 2.45) is 0 Å². The molecule has 0 unspecified atom stereocenters. The summed E-state index contributed by atoms with van der Waals surface area (Å²) in [4.78, 5) is 35.2. The predicted octanol–water partition coefficient (Wildman–Crippen LogP) is 3.37. The van der Waals surface area contributed by atoms with Gasteiger partial charge >= 0.3 is 11.0 Å². The average molecular weight is 340 g/mol. The Balaban J connectivity index is 2.30. The molecule has 0 spiro atoms. The molecule has 9 heteroatoms. The number of hydrogen-bond acceptors (Lipinski definition) is 7. The smallest absolute Gasteiger partial charge is 0.341 e. The molecule has 0 radical (unpaired) electrons. The van der Waals surface area contributed by atoms with E-state index in [9.17, 15) is 19.7 Å². The number of nitro groups is 1. The van der Waals surface area contributed by atoms with Crippen molar-refractivity contribution in [2.45, 2.75) is 13.8 Å². The number of aryl methyl sites for hydroxylation is 1. The molecule has 2 heterocycles. The molecule has 1 amide bonds. The van der Waals surface area contributed by atoms with Crippen LogP contribution in [0.1, 0.15) is 30.5 Å². The van der Waals surface area contributed by atoms with Crippen LogP contribution in [0, 0.1) is 24.0 Å². The Morgan fingerprint density at radius 2 is 1.95 bits per heavy atom. The first kappa shape index (κ1) is 16.1. The number of ether oxygens (including phenoxy) is 1. The zero-order valence-corrected chi connectivity index (χ0v) is 13.6. The van der Waals surface area contributed by atoms with Crippen LogP contribution in [0.2, 0.25) is 0 Å². The number of amides is 1. The molecule has 0 bridgehead atoms. The summed E-state index contributed by atoms with van der Waals surface area (Å²) in [6, 6.07) is 2.65. The SMILES string of the molecule is COC(=O)c1c(NC(=O)c2ccc([N+](=O)[O-])s2)sc(C)c1C. The van der Waals surface area contributed by atoms with Gasteiger partial charge in [-0.05, 0) is 25.5 Å². The first-order valence-corrected chi connectivity index (χ1v) is 7.72. The molecule has 0 aliphatic heterocycles. The maximum absolute atomic E-state index is 12.2. The minimum atomic E-state index is -0.555. The van der Waals surface area contributed by atoms with E-state index in [-0.39, 0.29) is 9.88 Å². The lowest BCUT2D eigenvalue weighted by Crippen LogP contribution is -2.13. The fourth-order valence-corrected chi connectivity index (χ4v) is 3.53. The molecule has 116 valence electrons. The number of thiophene rings is 2. The van der Waals surface area contributed by atoms with E-state index >= 15 is 0 Å². The van der Waals surface area contributed by atoms with Gasteiger partial charge in [0.15, 0.2) is 0 Å². The van der Waals surface area contributed by atoms with Gasteiger partial charge in [0.05, 0.1) is 22.5 Å². The molecule has 0 fully saturated rings. The maximum atomic E-state index is 12.2. The number of nitrogens with zero attached hydrogens (tertiary/aromatic N) is 1. The summed E-state index contributed by atoms with van der Waals surface area (Å²) < 4.78 is 4.72. The number of carbonyl (C=O) groups excluding carboxylic acids is 2. The average Bonchev–Trinajstić information content (AvgIpc) is 3.05. The number of anilines is 1. The predicted molar refractivity (Wildman–Crippen MR) is 84.1 cm³/mol. The third-order valence-corrected chi connectivity index (χ3v) is 5.16. The Morgan fingerprint density at radius 3 is 2.50 bits per heavy atom. The molecule has 0 saturated heterocycles. The number of nitrogens with one attached hydrogen (secondary N) is 1. The van der Waals surface area contributed by atoms with Gasteiger partial charge in [0.2, 0.25) is 0 Å². The van der Waals surface area contributed by atoms with Gasteiger partial charge < -0.3 is 10.1 Å². The van der Waals surface area contributed by atoms with Gasteiger partial charge in [0.25, 0.3) is 5.91 Å². The number of esters is 1. The molecule has 0 aromatic carbocycles. The second-order valence-electron chi connectivity index (χ2n) is 4.33. The molecule has 2 aromatic rings. The first-order chi connectivity index (χ1) is 10.3. The van der Waals surface area contributed by atoms with Crippen LogP contribution in [0.3, 0.4) is 0 Å². The lowest BCUT2D eigenvalue weighted by Gasteiger charge is -2.04. The number of methoxy groups -OCH3 is 1. The topological polar surface area (TPSA) is 98.5 Å². The third kappa shape index (κ3) is 3.00. The van der Waals surface area contributed by atoms with Crippen molar-refractivity contribution in [2.75, 3.05) is 12.4 Å². The van der Waals surface area contributed by atoms with Crippen LogP contribution in [-0.4, -0.2) is 23.9 Å². The number of carbonyl (C=O) groups is 2. The molecule has 0 aliphatic carbocycles. The summed E-state index contributed by atoms with van der Waals surface area (Å²) >= 11 is 2.04. The molecule has 1 N–H and O–H groups in total. The second-order valence-corrected chi connectivity index (χ2v) is 6.62. The zero-order chi connectivity index (χ0) is 16.4. The van der Waals surface area contributed by atoms with Crippen LogP contribution >= 0.6 is 22.7 Å². The van der Waals surface area contributed by atoms with Crippen LogP contribution in [0.4, 0.5) is 10.0 Å².